The van der Waals surface area contributed by atoms with E-state index in [4.69, 9.17) is 15.2 Å². The predicted molar refractivity (Wildman–Crippen MR) is 162 cm³/mol. The third-order valence-electron chi connectivity index (χ3n) is 7.69. The first-order chi connectivity index (χ1) is 21.4. The van der Waals surface area contributed by atoms with Crippen molar-refractivity contribution >= 4 is 16.9 Å². The standard InChI is InChI=1S/C33H40F3N3O6/c1-21(37)19-39-29-16-26(13-11-22(29)18-38-39)45-32(43)10-5-3-2-4-9-27-28(31(42)17-30(27)41)14-12-24(40)20-44-25-8-6-7-23(15-25)33(34,35)36/h2,4,6-8,11-16,18,21,24,27-28,30-31,40-42H,3,5,9-10,17,19-20,37H2,1H3/b4-2-,14-12+/t21-,24+,27+,28+,30-,31+/m0/s1. The average Bonchev–Trinajstić information content (AvgIpc) is 3.49. The molecule has 0 unspecified atom stereocenters. The van der Waals surface area contributed by atoms with Crippen LogP contribution in [0.3, 0.4) is 0 Å². The van der Waals surface area contributed by atoms with Gasteiger partial charge in [0, 0.05) is 36.3 Å². The van der Waals surface area contributed by atoms with E-state index in [1.165, 1.54) is 18.2 Å². The molecule has 1 saturated carbocycles. The number of aliphatic hydroxyl groups is 3. The lowest BCUT2D eigenvalue weighted by Gasteiger charge is -2.19. The summed E-state index contributed by atoms with van der Waals surface area (Å²) in [5, 5.41) is 36.5. The zero-order valence-electron chi connectivity index (χ0n) is 25.0. The Kier molecular flexibility index (Phi) is 11.8. The monoisotopic (exact) mass is 631 g/mol. The summed E-state index contributed by atoms with van der Waals surface area (Å²) in [7, 11) is 0. The van der Waals surface area contributed by atoms with Crippen LogP contribution in [0.1, 0.15) is 44.6 Å². The number of benzene rings is 2. The van der Waals surface area contributed by atoms with Gasteiger partial charge in [0.15, 0.2) is 0 Å². The number of carbonyl (C=O) groups is 1. The van der Waals surface area contributed by atoms with Crippen LogP contribution in [0.4, 0.5) is 13.2 Å². The number of rotatable bonds is 14. The molecule has 0 aliphatic heterocycles. The minimum Gasteiger partial charge on any atom is -0.491 e. The van der Waals surface area contributed by atoms with Crippen LogP contribution >= 0.6 is 0 Å². The Morgan fingerprint density at radius 2 is 1.96 bits per heavy atom. The van der Waals surface area contributed by atoms with Gasteiger partial charge >= 0.3 is 12.1 Å². The zero-order valence-corrected chi connectivity index (χ0v) is 25.0. The number of hydrogen-bond donors (Lipinski definition) is 4. The van der Waals surface area contributed by atoms with Gasteiger partial charge < -0.3 is 30.5 Å². The lowest BCUT2D eigenvalue weighted by atomic mass is 9.89. The van der Waals surface area contributed by atoms with E-state index in [9.17, 15) is 33.3 Å². The first-order valence-corrected chi connectivity index (χ1v) is 15.0. The molecule has 3 aromatic rings. The molecule has 1 aromatic heterocycles. The van der Waals surface area contributed by atoms with E-state index in [1.54, 1.807) is 29.1 Å². The molecule has 45 heavy (non-hydrogen) atoms. The topological polar surface area (TPSA) is 140 Å². The summed E-state index contributed by atoms with van der Waals surface area (Å²) < 4.78 is 51.3. The Morgan fingerprint density at radius 3 is 2.71 bits per heavy atom. The van der Waals surface area contributed by atoms with Gasteiger partial charge in [0.2, 0.25) is 0 Å². The Balaban J connectivity index is 1.20. The van der Waals surface area contributed by atoms with Crippen LogP contribution in [0.2, 0.25) is 0 Å². The van der Waals surface area contributed by atoms with E-state index < -0.39 is 36.0 Å². The van der Waals surface area contributed by atoms with Crippen LogP contribution in [-0.2, 0) is 17.5 Å². The largest absolute Gasteiger partial charge is 0.491 e. The number of aromatic nitrogens is 2. The maximum absolute atomic E-state index is 12.9. The highest BCUT2D eigenvalue weighted by atomic mass is 19.4. The highest BCUT2D eigenvalue weighted by molar-refractivity contribution is 5.81. The highest BCUT2D eigenvalue weighted by Crippen LogP contribution is 2.36. The van der Waals surface area contributed by atoms with Crippen molar-refractivity contribution in [2.24, 2.45) is 17.6 Å². The number of unbranched alkanes of at least 4 members (excludes halogenated alkanes) is 1. The highest BCUT2D eigenvalue weighted by Gasteiger charge is 2.39. The maximum atomic E-state index is 12.9. The van der Waals surface area contributed by atoms with Gasteiger partial charge in [-0.25, -0.2) is 0 Å². The Hall–Kier alpha value is -3.71. The van der Waals surface area contributed by atoms with Gasteiger partial charge in [0.05, 0.1) is 36.0 Å². The molecular formula is C33H40F3N3O6. The number of carbonyl (C=O) groups excluding carboxylic acids is 1. The van der Waals surface area contributed by atoms with E-state index in [1.807, 2.05) is 25.1 Å². The van der Waals surface area contributed by atoms with E-state index in [-0.39, 0.29) is 43.1 Å². The molecule has 2 aromatic carbocycles. The molecule has 0 saturated heterocycles. The predicted octanol–water partition coefficient (Wildman–Crippen LogP) is 4.78. The van der Waals surface area contributed by atoms with Crippen molar-refractivity contribution in [1.82, 2.24) is 9.78 Å². The average molecular weight is 632 g/mol. The summed E-state index contributed by atoms with van der Waals surface area (Å²) >= 11 is 0. The molecule has 5 N–H and O–H groups in total. The fraction of sp³-hybridized carbons (Fsp3) is 0.455. The van der Waals surface area contributed by atoms with E-state index in [0.717, 1.165) is 23.0 Å². The maximum Gasteiger partial charge on any atom is 0.416 e. The Labute approximate surface area is 259 Å². The summed E-state index contributed by atoms with van der Waals surface area (Å²) in [4.78, 5) is 12.4. The molecule has 1 aliphatic rings. The summed E-state index contributed by atoms with van der Waals surface area (Å²) in [6.45, 7) is 2.16. The molecule has 1 fully saturated rings. The minimum absolute atomic E-state index is 0.0208. The Morgan fingerprint density at radius 1 is 1.16 bits per heavy atom. The summed E-state index contributed by atoms with van der Waals surface area (Å²) in [6.07, 6.45) is 3.50. The van der Waals surface area contributed by atoms with E-state index >= 15 is 0 Å². The first kappa shape index (κ1) is 34.2. The number of fused-ring (bicyclic) bond motifs is 1. The smallest absolute Gasteiger partial charge is 0.416 e. The van der Waals surface area contributed by atoms with E-state index in [2.05, 4.69) is 5.10 Å². The van der Waals surface area contributed by atoms with E-state index in [0.29, 0.717) is 31.6 Å². The van der Waals surface area contributed by atoms with Crippen LogP contribution < -0.4 is 15.2 Å². The molecule has 0 amide bonds. The van der Waals surface area contributed by atoms with Crippen molar-refractivity contribution in [3.63, 3.8) is 0 Å². The third-order valence-corrected chi connectivity index (χ3v) is 7.69. The molecule has 0 spiro atoms. The van der Waals surface area contributed by atoms with Gasteiger partial charge in [0.25, 0.3) is 0 Å². The number of halogens is 3. The number of esters is 1. The molecule has 1 aliphatic carbocycles. The van der Waals surface area contributed by atoms with Crippen molar-refractivity contribution in [1.29, 1.82) is 0 Å². The number of nitrogens with two attached hydrogens (primary N) is 1. The fourth-order valence-corrected chi connectivity index (χ4v) is 5.41. The fourth-order valence-electron chi connectivity index (χ4n) is 5.41. The Bertz CT molecular complexity index is 1470. The second-order valence-corrected chi connectivity index (χ2v) is 11.5. The van der Waals surface area contributed by atoms with Crippen molar-refractivity contribution in [3.05, 3.63) is 78.5 Å². The van der Waals surface area contributed by atoms with Gasteiger partial charge in [-0.3, -0.25) is 9.48 Å². The van der Waals surface area contributed by atoms with Crippen molar-refractivity contribution < 1.29 is 42.8 Å². The van der Waals surface area contributed by atoms with Crippen LogP contribution in [0.25, 0.3) is 10.9 Å². The number of aliphatic hydroxyl groups excluding tert-OH is 3. The lowest BCUT2D eigenvalue weighted by molar-refractivity contribution is -0.137. The summed E-state index contributed by atoms with van der Waals surface area (Å²) in [5.74, 6) is -0.650. The van der Waals surface area contributed by atoms with Crippen LogP contribution in [0.15, 0.2) is 73.0 Å². The summed E-state index contributed by atoms with van der Waals surface area (Å²) in [6, 6.07) is 9.67. The molecule has 244 valence electrons. The molecule has 9 nitrogen and oxygen atoms in total. The van der Waals surface area contributed by atoms with Crippen molar-refractivity contribution in [2.45, 2.75) is 76.1 Å². The van der Waals surface area contributed by atoms with Crippen molar-refractivity contribution in [3.8, 4) is 11.5 Å². The van der Waals surface area contributed by atoms with Gasteiger partial charge in [-0.15, -0.1) is 0 Å². The zero-order chi connectivity index (χ0) is 32.6. The second-order valence-electron chi connectivity index (χ2n) is 11.5. The molecule has 0 bridgehead atoms. The molecule has 6 atom stereocenters. The molecule has 0 radical (unpaired) electrons. The number of alkyl halides is 3. The second kappa shape index (κ2) is 15.5. The normalized spacial score (nSPS) is 22.0. The molecule has 12 heteroatoms. The van der Waals surface area contributed by atoms with Crippen LogP contribution in [0.5, 0.6) is 11.5 Å². The molecule has 1 heterocycles. The number of ether oxygens (including phenoxy) is 2. The minimum atomic E-state index is -4.50. The molecule has 4 rings (SSSR count). The van der Waals surface area contributed by atoms with Crippen LogP contribution in [0, 0.1) is 11.8 Å². The van der Waals surface area contributed by atoms with Gasteiger partial charge in [0.1, 0.15) is 24.2 Å². The van der Waals surface area contributed by atoms with Crippen LogP contribution in [-0.4, -0.2) is 62.0 Å². The number of allylic oxidation sites excluding steroid dienone is 2. The van der Waals surface area contributed by atoms with Gasteiger partial charge in [-0.05, 0) is 62.4 Å². The third kappa shape index (κ3) is 9.89. The van der Waals surface area contributed by atoms with Crippen molar-refractivity contribution in [2.75, 3.05) is 6.61 Å². The SMILES string of the molecule is C[C@H](N)Cn1ncc2ccc(OC(=O)CCC/C=C\C[C@@H]3[C@@H](/C=C/[C@@H](O)COc4cccc(C(F)(F)F)c4)[C@H](O)C[C@@H]3O)cc21. The number of nitrogens with zero attached hydrogens (tertiary/aromatic N) is 2. The first-order valence-electron chi connectivity index (χ1n) is 15.0. The lowest BCUT2D eigenvalue weighted by Crippen LogP contribution is -2.22. The van der Waals surface area contributed by atoms with Gasteiger partial charge in [-0.2, -0.15) is 18.3 Å². The summed E-state index contributed by atoms with van der Waals surface area (Å²) in [5.41, 5.74) is 5.88. The van der Waals surface area contributed by atoms with Gasteiger partial charge in [-0.1, -0.05) is 30.4 Å². The molecular weight excluding hydrogens is 591 g/mol. The quantitative estimate of drug-likeness (QED) is 0.0863. The number of hydrogen-bond acceptors (Lipinski definition) is 8.